The fourth-order valence-corrected chi connectivity index (χ4v) is 3.36. The van der Waals surface area contributed by atoms with E-state index in [0.29, 0.717) is 0 Å². The van der Waals surface area contributed by atoms with Crippen LogP contribution in [-0.2, 0) is 6.42 Å². The smallest absolute Gasteiger partial charge is 0.137 e. The monoisotopic (exact) mass is 311 g/mol. The molecule has 0 bridgehead atoms. The molecule has 1 aromatic heterocycles. The Morgan fingerprint density at radius 2 is 1.74 bits per heavy atom. The predicted molar refractivity (Wildman–Crippen MR) is 82.6 cm³/mol. The summed E-state index contributed by atoms with van der Waals surface area (Å²) in [5.41, 5.74) is 2.81. The summed E-state index contributed by atoms with van der Waals surface area (Å²) in [4.78, 5) is 0. The minimum absolute atomic E-state index is 0.0762. The third-order valence-electron chi connectivity index (χ3n) is 4.43. The first-order valence-electron chi connectivity index (χ1n) is 7.59. The van der Waals surface area contributed by atoms with Gasteiger partial charge < -0.3 is 0 Å². The summed E-state index contributed by atoms with van der Waals surface area (Å²) in [7, 11) is 0. The molecule has 0 spiro atoms. The van der Waals surface area contributed by atoms with Gasteiger partial charge in [0.15, 0.2) is 0 Å². The zero-order valence-corrected chi connectivity index (χ0v) is 12.6. The van der Waals surface area contributed by atoms with Gasteiger partial charge >= 0.3 is 0 Å². The van der Waals surface area contributed by atoms with E-state index in [1.165, 1.54) is 24.3 Å². The quantitative estimate of drug-likeness (QED) is 0.681. The van der Waals surface area contributed by atoms with Gasteiger partial charge in [0.25, 0.3) is 0 Å². The van der Waals surface area contributed by atoms with Crippen molar-refractivity contribution in [1.29, 1.82) is 0 Å². The van der Waals surface area contributed by atoms with Crippen molar-refractivity contribution in [2.24, 2.45) is 0 Å². The number of hydrogen-bond acceptors (Lipinski definition) is 2. The molecular weight excluding hydrogens is 296 g/mol. The van der Waals surface area contributed by atoms with Crippen LogP contribution in [0.2, 0.25) is 0 Å². The number of nitrogens with zero attached hydrogens (tertiary/aromatic N) is 3. The summed E-state index contributed by atoms with van der Waals surface area (Å²) in [6.45, 7) is 1.86. The first-order chi connectivity index (χ1) is 11.1. The molecule has 3 aromatic rings. The molecule has 5 heteroatoms. The van der Waals surface area contributed by atoms with Crippen molar-refractivity contribution in [2.45, 2.75) is 25.7 Å². The molecule has 0 N–H and O–H groups in total. The van der Waals surface area contributed by atoms with Gasteiger partial charge in [-0.25, -0.2) is 8.78 Å². The van der Waals surface area contributed by atoms with Crippen LogP contribution in [0, 0.1) is 18.6 Å². The van der Waals surface area contributed by atoms with Crippen LogP contribution in [0.1, 0.15) is 35.1 Å². The molecule has 0 fully saturated rings. The maximum atomic E-state index is 13.8. The van der Waals surface area contributed by atoms with Gasteiger partial charge in [0.1, 0.15) is 23.3 Å². The van der Waals surface area contributed by atoms with E-state index >= 15 is 0 Å². The second kappa shape index (κ2) is 5.26. The van der Waals surface area contributed by atoms with Gasteiger partial charge in [-0.2, -0.15) is 0 Å². The number of halogens is 2. The van der Waals surface area contributed by atoms with Crippen LogP contribution in [0.3, 0.4) is 0 Å². The molecule has 0 saturated heterocycles. The fraction of sp³-hybridized carbons (Fsp3) is 0.222. The summed E-state index contributed by atoms with van der Waals surface area (Å²) in [6, 6.07) is 11.3. The van der Waals surface area contributed by atoms with E-state index in [0.717, 1.165) is 41.3 Å². The Hall–Kier alpha value is -2.56. The lowest BCUT2D eigenvalue weighted by atomic mass is 9.87. The molecule has 1 aliphatic rings. The zero-order valence-electron chi connectivity index (χ0n) is 12.6. The minimum Gasteiger partial charge on any atom is -0.283 e. The van der Waals surface area contributed by atoms with E-state index in [-0.39, 0.29) is 17.6 Å². The number of fused-ring (bicyclic) bond motifs is 3. The van der Waals surface area contributed by atoms with Crippen molar-refractivity contribution in [3.8, 4) is 5.69 Å². The first-order valence-corrected chi connectivity index (χ1v) is 7.59. The molecule has 2 aromatic carbocycles. The minimum atomic E-state index is -0.289. The van der Waals surface area contributed by atoms with Crippen molar-refractivity contribution >= 4 is 0 Å². The molecular formula is C18H15F2N3. The highest BCUT2D eigenvalue weighted by Gasteiger charge is 2.26. The van der Waals surface area contributed by atoms with E-state index in [9.17, 15) is 8.78 Å². The fourth-order valence-electron chi connectivity index (χ4n) is 3.36. The molecule has 3 nitrogen and oxygen atoms in total. The van der Waals surface area contributed by atoms with E-state index in [4.69, 9.17) is 0 Å². The van der Waals surface area contributed by atoms with Crippen LogP contribution in [0.5, 0.6) is 0 Å². The molecule has 2 heterocycles. The van der Waals surface area contributed by atoms with E-state index in [1.54, 1.807) is 12.1 Å². The number of aromatic nitrogens is 3. The standard InChI is InChI=1S/C18H15F2N3/c1-11-21-22-18-9-8-15(12-2-4-13(19)5-3-12)16-7-6-14(20)10-17(16)23(11)18/h2-7,10,15H,8-9H2,1H3/t15-/m0/s1. The molecule has 0 aliphatic carbocycles. The van der Waals surface area contributed by atoms with Crippen molar-refractivity contribution < 1.29 is 8.78 Å². The summed E-state index contributed by atoms with van der Waals surface area (Å²) < 4.78 is 29.0. The van der Waals surface area contributed by atoms with Gasteiger partial charge in [-0.3, -0.25) is 4.57 Å². The number of rotatable bonds is 1. The Kier molecular flexibility index (Phi) is 3.22. The Morgan fingerprint density at radius 3 is 2.52 bits per heavy atom. The van der Waals surface area contributed by atoms with Crippen LogP contribution in [-0.4, -0.2) is 14.8 Å². The molecule has 0 unspecified atom stereocenters. The average Bonchev–Trinajstić information content (AvgIpc) is 2.82. The Bertz CT molecular complexity index is 868. The van der Waals surface area contributed by atoms with Gasteiger partial charge in [0.2, 0.25) is 0 Å². The number of aryl methyl sites for hydroxylation is 2. The lowest BCUT2D eigenvalue weighted by molar-refractivity contribution is 0.623. The largest absolute Gasteiger partial charge is 0.283 e. The highest BCUT2D eigenvalue weighted by Crippen LogP contribution is 2.37. The molecule has 4 rings (SSSR count). The van der Waals surface area contributed by atoms with Gasteiger partial charge in [-0.1, -0.05) is 18.2 Å². The van der Waals surface area contributed by atoms with Crippen LogP contribution >= 0.6 is 0 Å². The van der Waals surface area contributed by atoms with Crippen LogP contribution in [0.4, 0.5) is 8.78 Å². The summed E-state index contributed by atoms with van der Waals surface area (Å²) in [6.07, 6.45) is 1.56. The van der Waals surface area contributed by atoms with Crippen LogP contribution in [0.15, 0.2) is 42.5 Å². The summed E-state index contributed by atoms with van der Waals surface area (Å²) in [5.74, 6) is 1.11. The molecule has 0 saturated carbocycles. The highest BCUT2D eigenvalue weighted by atomic mass is 19.1. The average molecular weight is 311 g/mol. The summed E-state index contributed by atoms with van der Waals surface area (Å²) in [5, 5.41) is 8.34. The van der Waals surface area contributed by atoms with E-state index in [1.807, 2.05) is 17.6 Å². The second-order valence-corrected chi connectivity index (χ2v) is 5.84. The van der Waals surface area contributed by atoms with E-state index in [2.05, 4.69) is 10.2 Å². The van der Waals surface area contributed by atoms with Gasteiger partial charge in [0.05, 0.1) is 5.69 Å². The maximum absolute atomic E-state index is 13.8. The normalized spacial score (nSPS) is 16.6. The maximum Gasteiger partial charge on any atom is 0.137 e. The molecule has 1 aliphatic heterocycles. The number of hydrogen-bond donors (Lipinski definition) is 0. The molecule has 23 heavy (non-hydrogen) atoms. The lowest BCUT2D eigenvalue weighted by Gasteiger charge is -2.18. The Morgan fingerprint density at radius 1 is 1.00 bits per heavy atom. The SMILES string of the molecule is Cc1nnc2n1-c1cc(F)ccc1[C@H](c1ccc(F)cc1)CC2. The Labute approximate surface area is 132 Å². The zero-order chi connectivity index (χ0) is 16.0. The predicted octanol–water partition coefficient (Wildman–Crippen LogP) is 3.93. The van der Waals surface area contributed by atoms with Gasteiger partial charge in [0, 0.05) is 12.3 Å². The highest BCUT2D eigenvalue weighted by molar-refractivity contribution is 5.50. The van der Waals surface area contributed by atoms with Gasteiger partial charge in [-0.05, 0) is 48.7 Å². The van der Waals surface area contributed by atoms with Crippen LogP contribution < -0.4 is 0 Å². The van der Waals surface area contributed by atoms with E-state index < -0.39 is 0 Å². The topological polar surface area (TPSA) is 30.7 Å². The second-order valence-electron chi connectivity index (χ2n) is 5.84. The van der Waals surface area contributed by atoms with Crippen molar-refractivity contribution in [1.82, 2.24) is 14.8 Å². The molecule has 0 amide bonds. The van der Waals surface area contributed by atoms with Gasteiger partial charge in [-0.15, -0.1) is 10.2 Å². The van der Waals surface area contributed by atoms with Crippen molar-refractivity contribution in [3.63, 3.8) is 0 Å². The molecule has 0 radical (unpaired) electrons. The summed E-state index contributed by atoms with van der Waals surface area (Å²) >= 11 is 0. The first kappa shape index (κ1) is 14.1. The third-order valence-corrected chi connectivity index (χ3v) is 4.43. The Balaban J connectivity index is 1.92. The molecule has 116 valence electrons. The van der Waals surface area contributed by atoms with Crippen molar-refractivity contribution in [3.05, 3.63) is 76.9 Å². The lowest BCUT2D eigenvalue weighted by Crippen LogP contribution is -2.06. The van der Waals surface area contributed by atoms with Crippen molar-refractivity contribution in [2.75, 3.05) is 0 Å². The third kappa shape index (κ3) is 2.32. The van der Waals surface area contributed by atoms with Crippen LogP contribution in [0.25, 0.3) is 5.69 Å². The molecule has 1 atom stereocenters. The number of benzene rings is 2.